The monoisotopic (exact) mass is 362 g/mol. The van der Waals surface area contributed by atoms with Crippen LogP contribution in [0, 0.1) is 4.77 Å². The number of methoxy groups -OCH3 is 1. The molecule has 0 saturated carbocycles. The number of aromatic amines is 1. The summed E-state index contributed by atoms with van der Waals surface area (Å²) in [5.74, 6) is 0.727. The Hall–Kier alpha value is -1.92. The summed E-state index contributed by atoms with van der Waals surface area (Å²) in [4.78, 5) is 15.8. The summed E-state index contributed by atoms with van der Waals surface area (Å²) >= 11 is 8.75. The van der Waals surface area contributed by atoms with E-state index in [2.05, 4.69) is 20.9 Å². The normalized spacial score (nSPS) is 10.8. The highest BCUT2D eigenvalue weighted by Gasteiger charge is 2.09. The Balaban J connectivity index is 2.32. The number of H-pyrrole nitrogens is 1. The molecule has 0 atom stereocenters. The van der Waals surface area contributed by atoms with Crippen LogP contribution in [0.25, 0.3) is 16.6 Å². The van der Waals surface area contributed by atoms with Gasteiger partial charge < -0.3 is 9.72 Å². The molecule has 0 fully saturated rings. The Kier molecular flexibility index (Phi) is 3.65. The highest BCUT2D eigenvalue weighted by molar-refractivity contribution is 9.10. The van der Waals surface area contributed by atoms with E-state index in [1.807, 2.05) is 12.1 Å². The number of hydrogen-bond acceptors (Lipinski definition) is 3. The van der Waals surface area contributed by atoms with Gasteiger partial charge in [-0.25, -0.2) is 0 Å². The van der Waals surface area contributed by atoms with Crippen molar-refractivity contribution in [3.8, 4) is 11.4 Å². The molecule has 0 spiro atoms. The minimum absolute atomic E-state index is 0.153. The molecular formula is C15H11BrN2O2S. The lowest BCUT2D eigenvalue weighted by molar-refractivity contribution is 0.414. The first-order valence-electron chi connectivity index (χ1n) is 6.20. The molecule has 0 unspecified atom stereocenters. The van der Waals surface area contributed by atoms with Crippen LogP contribution in [0.5, 0.6) is 5.75 Å². The van der Waals surface area contributed by atoms with Crippen LogP contribution in [0.15, 0.2) is 51.7 Å². The third-order valence-corrected chi connectivity index (χ3v) is 4.16. The second kappa shape index (κ2) is 5.46. The number of rotatable bonds is 2. The van der Waals surface area contributed by atoms with Crippen molar-refractivity contribution in [2.24, 2.45) is 0 Å². The minimum Gasteiger partial charge on any atom is -0.497 e. The molecule has 0 aliphatic heterocycles. The number of nitrogens with zero attached hydrogens (tertiary/aromatic N) is 1. The Labute approximate surface area is 134 Å². The molecule has 2 aromatic carbocycles. The van der Waals surface area contributed by atoms with Crippen LogP contribution in [0.2, 0.25) is 0 Å². The Morgan fingerprint density at radius 2 is 1.90 bits per heavy atom. The van der Waals surface area contributed by atoms with E-state index in [0.29, 0.717) is 21.4 Å². The van der Waals surface area contributed by atoms with E-state index in [0.717, 1.165) is 10.2 Å². The Morgan fingerprint density at radius 1 is 1.19 bits per heavy atom. The molecule has 21 heavy (non-hydrogen) atoms. The summed E-state index contributed by atoms with van der Waals surface area (Å²) in [5, 5.41) is 0.578. The van der Waals surface area contributed by atoms with Crippen LogP contribution in [-0.4, -0.2) is 16.7 Å². The van der Waals surface area contributed by atoms with Crippen LogP contribution in [0.4, 0.5) is 0 Å². The van der Waals surface area contributed by atoms with Crippen molar-refractivity contribution in [2.45, 2.75) is 0 Å². The van der Waals surface area contributed by atoms with Gasteiger partial charge in [-0.1, -0.05) is 6.07 Å². The van der Waals surface area contributed by atoms with Gasteiger partial charge in [-0.3, -0.25) is 9.36 Å². The van der Waals surface area contributed by atoms with E-state index >= 15 is 0 Å². The minimum atomic E-state index is -0.153. The lowest BCUT2D eigenvalue weighted by Crippen LogP contribution is -2.20. The van der Waals surface area contributed by atoms with Gasteiger partial charge >= 0.3 is 0 Å². The van der Waals surface area contributed by atoms with E-state index in [9.17, 15) is 4.79 Å². The first-order chi connectivity index (χ1) is 10.1. The number of nitrogens with one attached hydrogen (secondary N) is 1. The molecule has 3 aromatic rings. The van der Waals surface area contributed by atoms with Crippen molar-refractivity contribution in [3.05, 3.63) is 62.1 Å². The maximum atomic E-state index is 12.7. The molecular weight excluding hydrogens is 352 g/mol. The van der Waals surface area contributed by atoms with Crippen molar-refractivity contribution >= 4 is 39.1 Å². The number of para-hydroxylation sites is 1. The molecule has 0 aliphatic rings. The number of fused-ring (bicyclic) bond motifs is 1. The lowest BCUT2D eigenvalue weighted by atomic mass is 10.2. The maximum absolute atomic E-state index is 12.7. The summed E-state index contributed by atoms with van der Waals surface area (Å²) in [6.45, 7) is 0. The second-order valence-electron chi connectivity index (χ2n) is 4.43. The molecule has 6 heteroatoms. The molecule has 0 saturated heterocycles. The topological polar surface area (TPSA) is 47.0 Å². The van der Waals surface area contributed by atoms with E-state index in [1.54, 1.807) is 37.4 Å². The smallest absolute Gasteiger partial charge is 0.266 e. The molecule has 1 heterocycles. The van der Waals surface area contributed by atoms with Crippen LogP contribution in [0.1, 0.15) is 0 Å². The van der Waals surface area contributed by atoms with Crippen LogP contribution in [-0.2, 0) is 0 Å². The van der Waals surface area contributed by atoms with Crippen molar-refractivity contribution in [1.29, 1.82) is 0 Å². The van der Waals surface area contributed by atoms with E-state index < -0.39 is 0 Å². The first-order valence-corrected chi connectivity index (χ1v) is 7.40. The zero-order chi connectivity index (χ0) is 15.0. The number of ether oxygens (including phenoxy) is 1. The molecule has 1 N–H and O–H groups in total. The van der Waals surface area contributed by atoms with Crippen LogP contribution < -0.4 is 10.3 Å². The maximum Gasteiger partial charge on any atom is 0.266 e. The Bertz CT molecular complexity index is 929. The van der Waals surface area contributed by atoms with Gasteiger partial charge in [0.25, 0.3) is 5.56 Å². The molecule has 1 aromatic heterocycles. The third-order valence-electron chi connectivity index (χ3n) is 3.21. The zero-order valence-corrected chi connectivity index (χ0v) is 13.5. The summed E-state index contributed by atoms with van der Waals surface area (Å²) in [6, 6.07) is 12.6. The molecule has 4 nitrogen and oxygen atoms in total. The average molecular weight is 363 g/mol. The summed E-state index contributed by atoms with van der Waals surface area (Å²) in [7, 11) is 1.60. The number of hydrogen-bond donors (Lipinski definition) is 1. The largest absolute Gasteiger partial charge is 0.497 e. The molecule has 0 bridgehead atoms. The molecule has 3 rings (SSSR count). The summed E-state index contributed by atoms with van der Waals surface area (Å²) in [6.07, 6.45) is 0. The fourth-order valence-electron chi connectivity index (χ4n) is 2.17. The first kappa shape index (κ1) is 14.0. The van der Waals surface area contributed by atoms with Gasteiger partial charge in [0.1, 0.15) is 5.75 Å². The molecule has 106 valence electrons. The van der Waals surface area contributed by atoms with Crippen molar-refractivity contribution in [1.82, 2.24) is 9.55 Å². The zero-order valence-electron chi connectivity index (χ0n) is 11.1. The number of aromatic nitrogens is 2. The van der Waals surface area contributed by atoms with Gasteiger partial charge in [-0.2, -0.15) is 0 Å². The van der Waals surface area contributed by atoms with Gasteiger partial charge in [-0.15, -0.1) is 0 Å². The summed E-state index contributed by atoms with van der Waals surface area (Å²) in [5.41, 5.74) is 1.25. The fraction of sp³-hybridized carbons (Fsp3) is 0.0667. The second-order valence-corrected chi connectivity index (χ2v) is 5.67. The molecule has 0 aliphatic carbocycles. The molecule has 0 radical (unpaired) electrons. The average Bonchev–Trinajstić information content (AvgIpc) is 2.49. The van der Waals surface area contributed by atoms with E-state index in [4.69, 9.17) is 17.0 Å². The van der Waals surface area contributed by atoms with Crippen molar-refractivity contribution < 1.29 is 4.74 Å². The lowest BCUT2D eigenvalue weighted by Gasteiger charge is -2.09. The summed E-state index contributed by atoms with van der Waals surface area (Å²) < 4.78 is 7.76. The van der Waals surface area contributed by atoms with E-state index in [1.165, 1.54) is 4.57 Å². The van der Waals surface area contributed by atoms with E-state index in [-0.39, 0.29) is 5.56 Å². The van der Waals surface area contributed by atoms with Gasteiger partial charge in [-0.05, 0) is 64.5 Å². The van der Waals surface area contributed by atoms with Gasteiger partial charge in [0.15, 0.2) is 4.77 Å². The highest BCUT2D eigenvalue weighted by atomic mass is 79.9. The Morgan fingerprint density at radius 3 is 2.57 bits per heavy atom. The fourth-order valence-corrected chi connectivity index (χ4v) is 2.93. The van der Waals surface area contributed by atoms with Crippen LogP contribution >= 0.6 is 28.1 Å². The molecule has 0 amide bonds. The van der Waals surface area contributed by atoms with Crippen LogP contribution in [0.3, 0.4) is 0 Å². The quantitative estimate of drug-likeness (QED) is 0.705. The standard InChI is InChI=1S/C15H11BrN2O2S/c1-20-10-7-5-9(6-8-10)18-14(19)11-3-2-4-12(16)13(11)17-15(18)21/h2-8H,1H3,(H,17,21). The SMILES string of the molecule is COc1ccc(-n2c(=S)[nH]c3c(Br)cccc3c2=O)cc1. The predicted octanol–water partition coefficient (Wildman–Crippen LogP) is 3.82. The van der Waals surface area contributed by atoms with Crippen molar-refractivity contribution in [2.75, 3.05) is 7.11 Å². The highest BCUT2D eigenvalue weighted by Crippen LogP contribution is 2.20. The predicted molar refractivity (Wildman–Crippen MR) is 89.0 cm³/mol. The van der Waals surface area contributed by atoms with Gasteiger partial charge in [0, 0.05) is 4.47 Å². The number of halogens is 1. The third kappa shape index (κ3) is 2.41. The number of benzene rings is 2. The van der Waals surface area contributed by atoms with Gasteiger partial charge in [0.05, 0.1) is 23.7 Å². The van der Waals surface area contributed by atoms with Gasteiger partial charge in [0.2, 0.25) is 0 Å². The van der Waals surface area contributed by atoms with Crippen molar-refractivity contribution in [3.63, 3.8) is 0 Å².